The average molecular weight is 365 g/mol. The van der Waals surface area contributed by atoms with Crippen LogP contribution in [0.25, 0.3) is 6.08 Å². The first-order chi connectivity index (χ1) is 13.0. The zero-order valence-electron chi connectivity index (χ0n) is 14.6. The van der Waals surface area contributed by atoms with Gasteiger partial charge in [-0.2, -0.15) is 0 Å². The SMILES string of the molecule is C[C@@H](O)[C@H](NC(=O)c1ccc(/C=C/C#Cc2cccnc2)cc1)C(=O)NO. The number of hydroxylamine groups is 1. The minimum Gasteiger partial charge on any atom is -0.391 e. The van der Waals surface area contributed by atoms with Gasteiger partial charge in [0.15, 0.2) is 0 Å². The number of nitrogens with zero attached hydrogens (tertiary/aromatic N) is 1. The summed E-state index contributed by atoms with van der Waals surface area (Å²) in [4.78, 5) is 27.6. The number of hydrogen-bond donors (Lipinski definition) is 4. The van der Waals surface area contributed by atoms with Crippen molar-refractivity contribution in [1.82, 2.24) is 15.8 Å². The van der Waals surface area contributed by atoms with E-state index in [1.165, 1.54) is 12.4 Å². The van der Waals surface area contributed by atoms with E-state index in [0.29, 0.717) is 5.56 Å². The van der Waals surface area contributed by atoms with Crippen molar-refractivity contribution in [3.63, 3.8) is 0 Å². The zero-order valence-corrected chi connectivity index (χ0v) is 14.6. The maximum Gasteiger partial charge on any atom is 0.268 e. The molecular weight excluding hydrogens is 346 g/mol. The largest absolute Gasteiger partial charge is 0.391 e. The van der Waals surface area contributed by atoms with Crippen LogP contribution in [0.1, 0.15) is 28.4 Å². The van der Waals surface area contributed by atoms with E-state index in [0.717, 1.165) is 11.1 Å². The third kappa shape index (κ3) is 6.08. The molecule has 0 aliphatic carbocycles. The normalized spacial score (nSPS) is 12.6. The highest BCUT2D eigenvalue weighted by Crippen LogP contribution is 2.07. The number of allylic oxidation sites excluding steroid dienone is 1. The minimum absolute atomic E-state index is 0.310. The van der Waals surface area contributed by atoms with E-state index >= 15 is 0 Å². The van der Waals surface area contributed by atoms with Gasteiger partial charge in [0.2, 0.25) is 0 Å². The summed E-state index contributed by atoms with van der Waals surface area (Å²) in [7, 11) is 0. The lowest BCUT2D eigenvalue weighted by molar-refractivity contribution is -0.133. The summed E-state index contributed by atoms with van der Waals surface area (Å²) < 4.78 is 0. The number of aliphatic hydroxyl groups is 1. The molecule has 0 saturated carbocycles. The van der Waals surface area contributed by atoms with E-state index in [1.54, 1.807) is 48.8 Å². The van der Waals surface area contributed by atoms with Gasteiger partial charge in [-0.05, 0) is 48.9 Å². The maximum atomic E-state index is 12.2. The van der Waals surface area contributed by atoms with Crippen LogP contribution in [0.15, 0.2) is 54.9 Å². The van der Waals surface area contributed by atoms with Crippen LogP contribution in [0.5, 0.6) is 0 Å². The van der Waals surface area contributed by atoms with Gasteiger partial charge in [0.1, 0.15) is 6.04 Å². The average Bonchev–Trinajstić information content (AvgIpc) is 2.69. The highest BCUT2D eigenvalue weighted by Gasteiger charge is 2.25. The number of amides is 2. The molecule has 2 amide bonds. The van der Waals surface area contributed by atoms with Crippen LogP contribution in [0.3, 0.4) is 0 Å². The first kappa shape index (κ1) is 19.8. The lowest BCUT2D eigenvalue weighted by atomic mass is 10.1. The Bertz CT molecular complexity index is 866. The molecule has 0 aliphatic heterocycles. The molecule has 1 heterocycles. The number of benzene rings is 1. The summed E-state index contributed by atoms with van der Waals surface area (Å²) in [5.41, 5.74) is 3.38. The van der Waals surface area contributed by atoms with Gasteiger partial charge in [-0.15, -0.1) is 0 Å². The fourth-order valence-electron chi connectivity index (χ4n) is 2.14. The first-order valence-electron chi connectivity index (χ1n) is 8.12. The van der Waals surface area contributed by atoms with E-state index in [2.05, 4.69) is 22.1 Å². The predicted octanol–water partition coefficient (Wildman–Crippen LogP) is 1.13. The van der Waals surface area contributed by atoms with E-state index in [9.17, 15) is 14.7 Å². The Hall–Kier alpha value is -3.47. The number of carbonyl (C=O) groups is 2. The maximum absolute atomic E-state index is 12.2. The van der Waals surface area contributed by atoms with Crippen LogP contribution >= 0.6 is 0 Å². The van der Waals surface area contributed by atoms with Gasteiger partial charge in [-0.1, -0.05) is 24.0 Å². The van der Waals surface area contributed by atoms with Crippen LogP contribution < -0.4 is 10.8 Å². The van der Waals surface area contributed by atoms with Crippen LogP contribution in [0.2, 0.25) is 0 Å². The van der Waals surface area contributed by atoms with E-state index < -0.39 is 24.0 Å². The molecule has 0 unspecified atom stereocenters. The van der Waals surface area contributed by atoms with Crippen molar-refractivity contribution in [3.8, 4) is 11.8 Å². The quantitative estimate of drug-likeness (QED) is 0.361. The first-order valence-corrected chi connectivity index (χ1v) is 8.12. The highest BCUT2D eigenvalue weighted by molar-refractivity contribution is 5.97. The molecule has 4 N–H and O–H groups in total. The Morgan fingerprint density at radius 3 is 2.56 bits per heavy atom. The number of nitrogens with one attached hydrogen (secondary N) is 2. The molecule has 2 atom stereocenters. The summed E-state index contributed by atoms with van der Waals surface area (Å²) in [6.07, 6.45) is 5.67. The van der Waals surface area contributed by atoms with Crippen molar-refractivity contribution in [3.05, 3.63) is 71.6 Å². The summed E-state index contributed by atoms with van der Waals surface area (Å²) >= 11 is 0. The summed E-state index contributed by atoms with van der Waals surface area (Å²) in [6.45, 7) is 1.33. The van der Waals surface area contributed by atoms with Gasteiger partial charge in [-0.25, -0.2) is 5.48 Å². The van der Waals surface area contributed by atoms with E-state index in [1.807, 2.05) is 12.1 Å². The summed E-state index contributed by atoms with van der Waals surface area (Å²) in [5.74, 6) is 4.40. The fourth-order valence-corrected chi connectivity index (χ4v) is 2.14. The molecule has 7 heteroatoms. The molecule has 27 heavy (non-hydrogen) atoms. The molecule has 2 aromatic rings. The Kier molecular flexibility index (Phi) is 7.26. The van der Waals surface area contributed by atoms with Gasteiger partial charge < -0.3 is 10.4 Å². The Morgan fingerprint density at radius 1 is 1.22 bits per heavy atom. The van der Waals surface area contributed by atoms with Gasteiger partial charge >= 0.3 is 0 Å². The van der Waals surface area contributed by atoms with Crippen molar-refractivity contribution >= 4 is 17.9 Å². The van der Waals surface area contributed by atoms with Crippen molar-refractivity contribution in [2.45, 2.75) is 19.1 Å². The minimum atomic E-state index is -1.26. The molecule has 7 nitrogen and oxygen atoms in total. The molecule has 0 bridgehead atoms. The molecule has 138 valence electrons. The lowest BCUT2D eigenvalue weighted by Gasteiger charge is -2.19. The molecule has 0 fully saturated rings. The lowest BCUT2D eigenvalue weighted by Crippen LogP contribution is -2.51. The highest BCUT2D eigenvalue weighted by atomic mass is 16.5. The third-order valence-corrected chi connectivity index (χ3v) is 3.57. The topological polar surface area (TPSA) is 112 Å². The molecule has 2 rings (SSSR count). The van der Waals surface area contributed by atoms with Gasteiger partial charge in [0, 0.05) is 23.5 Å². The van der Waals surface area contributed by atoms with Crippen LogP contribution in [-0.4, -0.2) is 39.3 Å². The van der Waals surface area contributed by atoms with E-state index in [-0.39, 0.29) is 0 Å². The smallest absolute Gasteiger partial charge is 0.268 e. The number of aromatic nitrogens is 1. The molecule has 0 spiro atoms. The summed E-state index contributed by atoms with van der Waals surface area (Å²) in [5, 5.41) is 20.6. The molecule has 0 radical (unpaired) electrons. The molecule has 0 saturated heterocycles. The van der Waals surface area contributed by atoms with Crippen molar-refractivity contribution in [1.29, 1.82) is 0 Å². The Balaban J connectivity index is 2.00. The second kappa shape index (κ2) is 9.87. The van der Waals surface area contributed by atoms with Crippen molar-refractivity contribution in [2.75, 3.05) is 0 Å². The number of hydrogen-bond acceptors (Lipinski definition) is 5. The van der Waals surface area contributed by atoms with Crippen LogP contribution in [0.4, 0.5) is 0 Å². The molecule has 0 aliphatic rings. The third-order valence-electron chi connectivity index (χ3n) is 3.57. The van der Waals surface area contributed by atoms with Gasteiger partial charge in [0.25, 0.3) is 11.8 Å². The Morgan fingerprint density at radius 2 is 1.96 bits per heavy atom. The zero-order chi connectivity index (χ0) is 19.6. The molecule has 1 aromatic heterocycles. The fraction of sp³-hybridized carbons (Fsp3) is 0.150. The summed E-state index contributed by atoms with van der Waals surface area (Å²) in [6, 6.07) is 9.02. The number of aliphatic hydroxyl groups excluding tert-OH is 1. The van der Waals surface area contributed by atoms with Crippen molar-refractivity contribution in [2.24, 2.45) is 0 Å². The second-order valence-electron chi connectivity index (χ2n) is 5.63. The molecular formula is C20H19N3O4. The molecule has 1 aromatic carbocycles. The number of pyridine rings is 1. The van der Waals surface area contributed by atoms with Crippen LogP contribution in [-0.2, 0) is 4.79 Å². The predicted molar refractivity (Wildman–Crippen MR) is 99.5 cm³/mol. The second-order valence-corrected chi connectivity index (χ2v) is 5.63. The number of rotatable bonds is 5. The standard InChI is InChI=1S/C20H19N3O4/c1-14(24)18(20(26)23-27)22-19(25)17-10-8-15(9-11-17)5-2-3-6-16-7-4-12-21-13-16/h2,4-5,7-14,18,24,27H,1H3,(H,22,25)(H,23,26)/b5-2+/t14-,18+/m1/s1. The van der Waals surface area contributed by atoms with E-state index in [4.69, 9.17) is 5.21 Å². The van der Waals surface area contributed by atoms with Gasteiger partial charge in [0.05, 0.1) is 6.10 Å². The monoisotopic (exact) mass is 365 g/mol. The van der Waals surface area contributed by atoms with Gasteiger partial charge in [-0.3, -0.25) is 19.8 Å². The number of carbonyl (C=O) groups excluding carboxylic acids is 2. The van der Waals surface area contributed by atoms with Crippen molar-refractivity contribution < 1.29 is 19.9 Å². The Labute approximate surface area is 156 Å². The van der Waals surface area contributed by atoms with Crippen LogP contribution in [0, 0.1) is 11.8 Å².